The molecule has 0 aliphatic carbocycles. The molecule has 0 N–H and O–H groups in total. The van der Waals surface area contributed by atoms with Crippen molar-refractivity contribution in [2.75, 3.05) is 17.7 Å². The van der Waals surface area contributed by atoms with E-state index in [1.165, 1.54) is 0 Å². The van der Waals surface area contributed by atoms with E-state index in [0.29, 0.717) is 17.7 Å². The fraction of sp³-hybridized carbons (Fsp3) is 0.273. The van der Waals surface area contributed by atoms with Gasteiger partial charge in [-0.2, -0.15) is 17.9 Å². The SMILES string of the molecule is CN(C(=O)CCS)c1ccc(C#N)cc1. The van der Waals surface area contributed by atoms with E-state index >= 15 is 0 Å². The molecule has 0 spiro atoms. The minimum absolute atomic E-state index is 0.0229. The van der Waals surface area contributed by atoms with Crippen LogP contribution in [0.25, 0.3) is 0 Å². The lowest BCUT2D eigenvalue weighted by Gasteiger charge is -2.16. The van der Waals surface area contributed by atoms with Crippen LogP contribution in [0.4, 0.5) is 5.69 Å². The van der Waals surface area contributed by atoms with Gasteiger partial charge in [-0.3, -0.25) is 4.79 Å². The van der Waals surface area contributed by atoms with E-state index in [4.69, 9.17) is 5.26 Å². The van der Waals surface area contributed by atoms with Crippen molar-refractivity contribution in [3.8, 4) is 6.07 Å². The normalized spacial score (nSPS) is 9.40. The summed E-state index contributed by atoms with van der Waals surface area (Å²) in [5.41, 5.74) is 1.38. The van der Waals surface area contributed by atoms with Gasteiger partial charge in [-0.15, -0.1) is 0 Å². The molecular formula is C11H12N2OS. The van der Waals surface area contributed by atoms with Crippen LogP contribution >= 0.6 is 12.6 Å². The zero-order valence-corrected chi connectivity index (χ0v) is 9.37. The van der Waals surface area contributed by atoms with Gasteiger partial charge in [-0.05, 0) is 30.0 Å². The fourth-order valence-corrected chi connectivity index (χ4v) is 1.36. The number of carbonyl (C=O) groups is 1. The van der Waals surface area contributed by atoms with Gasteiger partial charge in [0, 0.05) is 19.2 Å². The molecule has 0 radical (unpaired) electrons. The second-order valence-electron chi connectivity index (χ2n) is 3.09. The summed E-state index contributed by atoms with van der Waals surface area (Å²) in [5.74, 6) is 0.564. The van der Waals surface area contributed by atoms with Crippen LogP contribution in [-0.2, 0) is 4.79 Å². The molecular weight excluding hydrogens is 208 g/mol. The topological polar surface area (TPSA) is 44.1 Å². The van der Waals surface area contributed by atoms with Crippen LogP contribution in [0, 0.1) is 11.3 Å². The minimum Gasteiger partial charge on any atom is -0.315 e. The first-order valence-electron chi connectivity index (χ1n) is 4.56. The first-order valence-corrected chi connectivity index (χ1v) is 5.20. The second kappa shape index (κ2) is 5.42. The molecule has 0 atom stereocenters. The lowest BCUT2D eigenvalue weighted by Crippen LogP contribution is -2.26. The van der Waals surface area contributed by atoms with Crippen molar-refractivity contribution >= 4 is 24.2 Å². The van der Waals surface area contributed by atoms with Gasteiger partial charge < -0.3 is 4.90 Å². The number of benzene rings is 1. The third-order valence-corrected chi connectivity index (χ3v) is 2.31. The molecule has 15 heavy (non-hydrogen) atoms. The number of nitrogens with zero attached hydrogens (tertiary/aromatic N) is 2. The Kier molecular flexibility index (Phi) is 4.19. The molecule has 4 heteroatoms. The van der Waals surface area contributed by atoms with E-state index in [0.717, 1.165) is 5.69 Å². The molecule has 1 aromatic rings. The van der Waals surface area contributed by atoms with E-state index < -0.39 is 0 Å². The number of carbonyl (C=O) groups excluding carboxylic acids is 1. The predicted octanol–water partition coefficient (Wildman–Crippen LogP) is 1.84. The van der Waals surface area contributed by atoms with Crippen LogP contribution in [0.2, 0.25) is 0 Å². The van der Waals surface area contributed by atoms with E-state index in [1.807, 2.05) is 6.07 Å². The van der Waals surface area contributed by atoms with Crippen molar-refractivity contribution in [3.05, 3.63) is 29.8 Å². The Balaban J connectivity index is 2.79. The Morgan fingerprint density at radius 2 is 2.07 bits per heavy atom. The molecule has 0 aliphatic heterocycles. The summed E-state index contributed by atoms with van der Waals surface area (Å²) in [4.78, 5) is 13.1. The summed E-state index contributed by atoms with van der Waals surface area (Å²) in [7, 11) is 1.72. The molecule has 0 unspecified atom stereocenters. The maximum atomic E-state index is 11.5. The molecule has 0 aromatic heterocycles. The largest absolute Gasteiger partial charge is 0.315 e. The maximum absolute atomic E-state index is 11.5. The van der Waals surface area contributed by atoms with Crippen LogP contribution in [0.5, 0.6) is 0 Å². The highest BCUT2D eigenvalue weighted by Gasteiger charge is 2.09. The number of amides is 1. The zero-order chi connectivity index (χ0) is 11.3. The molecule has 1 amide bonds. The average molecular weight is 220 g/mol. The average Bonchev–Trinajstić information content (AvgIpc) is 2.28. The van der Waals surface area contributed by atoms with Crippen molar-refractivity contribution in [2.24, 2.45) is 0 Å². The second-order valence-corrected chi connectivity index (χ2v) is 3.53. The number of thiol groups is 1. The van der Waals surface area contributed by atoms with Crippen LogP contribution in [0.3, 0.4) is 0 Å². The molecule has 78 valence electrons. The van der Waals surface area contributed by atoms with E-state index in [9.17, 15) is 4.79 Å². The minimum atomic E-state index is 0.0229. The molecule has 1 aromatic carbocycles. The third kappa shape index (κ3) is 3.00. The number of hydrogen-bond acceptors (Lipinski definition) is 3. The maximum Gasteiger partial charge on any atom is 0.227 e. The van der Waals surface area contributed by atoms with E-state index in [2.05, 4.69) is 12.6 Å². The van der Waals surface area contributed by atoms with E-state index in [-0.39, 0.29) is 5.91 Å². The smallest absolute Gasteiger partial charge is 0.227 e. The highest BCUT2D eigenvalue weighted by molar-refractivity contribution is 7.80. The predicted molar refractivity (Wildman–Crippen MR) is 63.0 cm³/mol. The van der Waals surface area contributed by atoms with Crippen molar-refractivity contribution in [1.82, 2.24) is 0 Å². The van der Waals surface area contributed by atoms with Crippen LogP contribution in [0.15, 0.2) is 24.3 Å². The lowest BCUT2D eigenvalue weighted by molar-refractivity contribution is -0.117. The van der Waals surface area contributed by atoms with Crippen molar-refractivity contribution in [2.45, 2.75) is 6.42 Å². The first kappa shape index (κ1) is 11.6. The molecule has 1 rings (SSSR count). The Morgan fingerprint density at radius 1 is 1.47 bits per heavy atom. The van der Waals surface area contributed by atoms with Crippen molar-refractivity contribution < 1.29 is 4.79 Å². The molecule has 0 heterocycles. The Bertz CT molecular complexity index is 381. The van der Waals surface area contributed by atoms with Crippen LogP contribution in [0.1, 0.15) is 12.0 Å². The molecule has 0 fully saturated rings. The fourth-order valence-electron chi connectivity index (χ4n) is 1.17. The molecule has 3 nitrogen and oxygen atoms in total. The van der Waals surface area contributed by atoms with E-state index in [1.54, 1.807) is 36.2 Å². The lowest BCUT2D eigenvalue weighted by atomic mass is 10.2. The number of anilines is 1. The van der Waals surface area contributed by atoms with Gasteiger partial charge in [-0.1, -0.05) is 0 Å². The van der Waals surface area contributed by atoms with Gasteiger partial charge in [0.15, 0.2) is 0 Å². The number of nitriles is 1. The third-order valence-electron chi connectivity index (χ3n) is 2.08. The summed E-state index contributed by atoms with van der Waals surface area (Å²) < 4.78 is 0. The van der Waals surface area contributed by atoms with Gasteiger partial charge in [0.2, 0.25) is 5.91 Å². The van der Waals surface area contributed by atoms with Crippen LogP contribution < -0.4 is 4.90 Å². The molecule has 0 saturated carbocycles. The summed E-state index contributed by atoms with van der Waals surface area (Å²) >= 11 is 4.01. The molecule has 0 bridgehead atoms. The summed E-state index contributed by atoms with van der Waals surface area (Å²) in [6.45, 7) is 0. The standard InChI is InChI=1S/C11H12N2OS/c1-13(11(14)6-7-15)10-4-2-9(8-12)3-5-10/h2-5,15H,6-7H2,1H3. The molecule has 0 saturated heterocycles. The van der Waals surface area contributed by atoms with Gasteiger partial charge in [0.05, 0.1) is 11.6 Å². The Morgan fingerprint density at radius 3 is 2.53 bits per heavy atom. The van der Waals surface area contributed by atoms with Crippen molar-refractivity contribution in [3.63, 3.8) is 0 Å². The first-order chi connectivity index (χ1) is 7.19. The summed E-state index contributed by atoms with van der Waals surface area (Å²) in [6.07, 6.45) is 0.416. The van der Waals surface area contributed by atoms with Crippen LogP contribution in [-0.4, -0.2) is 18.7 Å². The summed E-state index contributed by atoms with van der Waals surface area (Å²) in [5, 5.41) is 8.62. The monoisotopic (exact) mass is 220 g/mol. The van der Waals surface area contributed by atoms with Crippen molar-refractivity contribution in [1.29, 1.82) is 5.26 Å². The van der Waals surface area contributed by atoms with Gasteiger partial charge >= 0.3 is 0 Å². The van der Waals surface area contributed by atoms with Gasteiger partial charge in [0.1, 0.15) is 0 Å². The Hall–Kier alpha value is -1.47. The highest BCUT2D eigenvalue weighted by Crippen LogP contribution is 2.14. The number of hydrogen-bond donors (Lipinski definition) is 1. The Labute approximate surface area is 94.7 Å². The highest BCUT2D eigenvalue weighted by atomic mass is 32.1. The number of rotatable bonds is 3. The zero-order valence-electron chi connectivity index (χ0n) is 8.47. The van der Waals surface area contributed by atoms with Gasteiger partial charge in [-0.25, -0.2) is 0 Å². The van der Waals surface area contributed by atoms with Gasteiger partial charge in [0.25, 0.3) is 0 Å². The quantitative estimate of drug-likeness (QED) is 0.790. The molecule has 0 aliphatic rings. The summed E-state index contributed by atoms with van der Waals surface area (Å²) in [6, 6.07) is 8.94.